The maximum Gasteiger partial charge on any atom is 0.344 e. The number of rotatable bonds is 2. The summed E-state index contributed by atoms with van der Waals surface area (Å²) in [5, 5.41) is 10.4. The summed E-state index contributed by atoms with van der Waals surface area (Å²) in [4.78, 5) is 22.2. The van der Waals surface area contributed by atoms with Crippen molar-refractivity contribution in [2.24, 2.45) is 5.73 Å². The number of carbonyl (C=O) groups is 1. The predicted octanol–water partition coefficient (Wildman–Crippen LogP) is 0.526. The molecule has 2 aromatic rings. The van der Waals surface area contributed by atoms with Crippen LogP contribution in [0.5, 0.6) is 5.75 Å². The van der Waals surface area contributed by atoms with Crippen molar-refractivity contribution in [1.82, 2.24) is 0 Å². The van der Waals surface area contributed by atoms with Crippen molar-refractivity contribution < 1.29 is 14.3 Å². The van der Waals surface area contributed by atoms with Gasteiger partial charge in [-0.3, -0.25) is 4.79 Å². The van der Waals surface area contributed by atoms with E-state index in [1.165, 1.54) is 6.07 Å². The fourth-order valence-electron chi connectivity index (χ4n) is 1.51. The SMILES string of the molecule is NC(=O)Cc1oc(=O)c2ccccc2c1O. The van der Waals surface area contributed by atoms with Crippen LogP contribution in [0.3, 0.4) is 0 Å². The normalized spacial score (nSPS) is 10.5. The van der Waals surface area contributed by atoms with E-state index in [1.807, 2.05) is 0 Å². The lowest BCUT2D eigenvalue weighted by Crippen LogP contribution is -2.15. The molecular weight excluding hydrogens is 210 g/mol. The van der Waals surface area contributed by atoms with Crippen LogP contribution in [0.15, 0.2) is 33.5 Å². The molecule has 0 unspecified atom stereocenters. The van der Waals surface area contributed by atoms with Gasteiger partial charge in [0, 0.05) is 5.39 Å². The Morgan fingerprint density at radius 1 is 1.31 bits per heavy atom. The van der Waals surface area contributed by atoms with Gasteiger partial charge in [-0.05, 0) is 6.07 Å². The molecule has 1 amide bonds. The minimum Gasteiger partial charge on any atom is -0.504 e. The molecule has 1 aromatic carbocycles. The quantitative estimate of drug-likeness (QED) is 0.770. The van der Waals surface area contributed by atoms with E-state index >= 15 is 0 Å². The van der Waals surface area contributed by atoms with Gasteiger partial charge < -0.3 is 15.3 Å². The molecule has 2 rings (SSSR count). The summed E-state index contributed by atoms with van der Waals surface area (Å²) >= 11 is 0. The van der Waals surface area contributed by atoms with Gasteiger partial charge in [0.15, 0.2) is 11.5 Å². The maximum absolute atomic E-state index is 11.5. The first-order valence-corrected chi connectivity index (χ1v) is 4.61. The third kappa shape index (κ3) is 1.63. The van der Waals surface area contributed by atoms with Gasteiger partial charge in [0.25, 0.3) is 0 Å². The zero-order chi connectivity index (χ0) is 11.7. The largest absolute Gasteiger partial charge is 0.504 e. The molecule has 1 aromatic heterocycles. The minimum absolute atomic E-state index is 0.101. The lowest BCUT2D eigenvalue weighted by molar-refractivity contribution is -0.117. The number of nitrogens with two attached hydrogens (primary N) is 1. The molecule has 5 nitrogen and oxygen atoms in total. The second-order valence-corrected chi connectivity index (χ2v) is 3.35. The van der Waals surface area contributed by atoms with E-state index in [-0.39, 0.29) is 23.3 Å². The molecule has 0 fully saturated rings. The first kappa shape index (κ1) is 10.2. The molecule has 0 saturated carbocycles. The molecule has 16 heavy (non-hydrogen) atoms. The number of carbonyl (C=O) groups excluding carboxylic acids is 1. The highest BCUT2D eigenvalue weighted by Crippen LogP contribution is 2.25. The highest BCUT2D eigenvalue weighted by Gasteiger charge is 2.13. The maximum atomic E-state index is 11.5. The summed E-state index contributed by atoms with van der Waals surface area (Å²) in [5.41, 5.74) is 4.38. The van der Waals surface area contributed by atoms with E-state index in [9.17, 15) is 14.7 Å². The van der Waals surface area contributed by atoms with Crippen LogP contribution in [0.4, 0.5) is 0 Å². The van der Waals surface area contributed by atoms with E-state index in [0.29, 0.717) is 5.39 Å². The van der Waals surface area contributed by atoms with Gasteiger partial charge in [0.05, 0.1) is 11.8 Å². The molecule has 0 spiro atoms. The fraction of sp³-hybridized carbons (Fsp3) is 0.0909. The van der Waals surface area contributed by atoms with Crippen LogP contribution in [0.1, 0.15) is 5.76 Å². The van der Waals surface area contributed by atoms with Crippen molar-refractivity contribution in [2.45, 2.75) is 6.42 Å². The van der Waals surface area contributed by atoms with Crippen molar-refractivity contribution in [2.75, 3.05) is 0 Å². The van der Waals surface area contributed by atoms with Gasteiger partial charge >= 0.3 is 5.63 Å². The number of hydrogen-bond acceptors (Lipinski definition) is 4. The average Bonchev–Trinajstić information content (AvgIpc) is 2.25. The van der Waals surface area contributed by atoms with E-state index in [4.69, 9.17) is 10.2 Å². The highest BCUT2D eigenvalue weighted by atomic mass is 16.4. The van der Waals surface area contributed by atoms with Crippen LogP contribution < -0.4 is 11.4 Å². The Kier molecular flexibility index (Phi) is 2.36. The van der Waals surface area contributed by atoms with Crippen molar-refractivity contribution in [3.8, 4) is 5.75 Å². The average molecular weight is 219 g/mol. The Bertz CT molecular complexity index is 615. The molecule has 5 heteroatoms. The molecule has 0 bridgehead atoms. The predicted molar refractivity (Wildman–Crippen MR) is 57.0 cm³/mol. The van der Waals surface area contributed by atoms with Crippen molar-refractivity contribution >= 4 is 16.7 Å². The number of primary amides is 1. The first-order chi connectivity index (χ1) is 7.59. The monoisotopic (exact) mass is 219 g/mol. The van der Waals surface area contributed by atoms with Gasteiger partial charge in [-0.25, -0.2) is 4.79 Å². The number of benzene rings is 1. The van der Waals surface area contributed by atoms with Gasteiger partial charge in [-0.2, -0.15) is 0 Å². The molecule has 82 valence electrons. The summed E-state index contributed by atoms with van der Waals surface area (Å²) in [5.74, 6) is -0.987. The molecule has 0 radical (unpaired) electrons. The van der Waals surface area contributed by atoms with E-state index in [0.717, 1.165) is 0 Å². The van der Waals surface area contributed by atoms with Crippen LogP contribution in [0, 0.1) is 0 Å². The lowest BCUT2D eigenvalue weighted by Gasteiger charge is -2.03. The number of hydrogen-bond donors (Lipinski definition) is 2. The molecule has 0 aliphatic rings. The van der Waals surface area contributed by atoms with Crippen LogP contribution in [-0.4, -0.2) is 11.0 Å². The molecule has 1 heterocycles. The summed E-state index contributed by atoms with van der Waals surface area (Å²) in [6, 6.07) is 6.45. The summed E-state index contributed by atoms with van der Waals surface area (Å²) in [7, 11) is 0. The van der Waals surface area contributed by atoms with Crippen LogP contribution in [0.25, 0.3) is 10.8 Å². The van der Waals surface area contributed by atoms with Crippen LogP contribution in [-0.2, 0) is 11.2 Å². The Morgan fingerprint density at radius 3 is 2.56 bits per heavy atom. The number of amides is 1. The van der Waals surface area contributed by atoms with E-state index in [2.05, 4.69) is 0 Å². The Hall–Kier alpha value is -2.30. The third-order valence-electron chi connectivity index (χ3n) is 2.22. The van der Waals surface area contributed by atoms with E-state index < -0.39 is 11.5 Å². The molecular formula is C11H9NO4. The van der Waals surface area contributed by atoms with Crippen LogP contribution >= 0.6 is 0 Å². The Balaban J connectivity index is 2.75. The van der Waals surface area contributed by atoms with Crippen LogP contribution in [0.2, 0.25) is 0 Å². The van der Waals surface area contributed by atoms with Crippen molar-refractivity contribution in [3.63, 3.8) is 0 Å². The Labute approximate surface area is 90.1 Å². The molecule has 0 atom stereocenters. The summed E-state index contributed by atoms with van der Waals surface area (Å²) in [6.45, 7) is 0. The number of fused-ring (bicyclic) bond motifs is 1. The smallest absolute Gasteiger partial charge is 0.344 e. The Morgan fingerprint density at radius 2 is 1.94 bits per heavy atom. The van der Waals surface area contributed by atoms with E-state index in [1.54, 1.807) is 18.2 Å². The second kappa shape index (κ2) is 3.69. The second-order valence-electron chi connectivity index (χ2n) is 3.35. The zero-order valence-electron chi connectivity index (χ0n) is 8.27. The third-order valence-corrected chi connectivity index (χ3v) is 2.22. The zero-order valence-corrected chi connectivity index (χ0v) is 8.27. The molecule has 0 aliphatic carbocycles. The van der Waals surface area contributed by atoms with Gasteiger partial charge in [-0.1, -0.05) is 18.2 Å². The first-order valence-electron chi connectivity index (χ1n) is 4.61. The lowest BCUT2D eigenvalue weighted by atomic mass is 10.1. The topological polar surface area (TPSA) is 93.5 Å². The van der Waals surface area contributed by atoms with Gasteiger partial charge in [0.1, 0.15) is 0 Å². The van der Waals surface area contributed by atoms with Gasteiger partial charge in [0.2, 0.25) is 5.91 Å². The number of aromatic hydroxyl groups is 1. The fourth-order valence-corrected chi connectivity index (χ4v) is 1.51. The van der Waals surface area contributed by atoms with Crippen molar-refractivity contribution in [1.29, 1.82) is 0 Å². The standard InChI is InChI=1S/C11H9NO4/c12-9(13)5-8-10(14)6-3-1-2-4-7(6)11(15)16-8/h1-4,14H,5H2,(H2,12,13). The van der Waals surface area contributed by atoms with Gasteiger partial charge in [-0.15, -0.1) is 0 Å². The molecule has 0 aliphatic heterocycles. The molecule has 0 saturated heterocycles. The molecule has 3 N–H and O–H groups in total. The minimum atomic E-state index is -0.672. The van der Waals surface area contributed by atoms with Crippen molar-refractivity contribution in [3.05, 3.63) is 40.4 Å². The highest BCUT2D eigenvalue weighted by molar-refractivity contribution is 5.88. The summed E-state index contributed by atoms with van der Waals surface area (Å²) < 4.78 is 4.83. The summed E-state index contributed by atoms with van der Waals surface area (Å²) in [6.07, 6.45) is -0.300.